The topological polar surface area (TPSA) is 156 Å². The number of nitro groups is 1. The van der Waals surface area contributed by atoms with E-state index in [1.54, 1.807) is 0 Å². The molecular weight excluding hydrogens is 308 g/mol. The van der Waals surface area contributed by atoms with Crippen LogP contribution in [0.4, 0.5) is 5.69 Å². The Morgan fingerprint density at radius 2 is 2.14 bits per heavy atom. The number of aliphatic hydroxyl groups is 1. The Kier molecular flexibility index (Phi) is 5.18. The molecule has 116 valence electrons. The summed E-state index contributed by atoms with van der Waals surface area (Å²) in [6, 6.07) is 2.83. The Morgan fingerprint density at radius 1 is 1.52 bits per heavy atom. The molecular formula is C10H12N2O8S. The second-order valence-electron chi connectivity index (χ2n) is 3.80. The molecule has 0 saturated carbocycles. The van der Waals surface area contributed by atoms with Gasteiger partial charge in [0.1, 0.15) is 10.6 Å². The highest BCUT2D eigenvalue weighted by Crippen LogP contribution is 2.28. The average Bonchev–Trinajstić information content (AvgIpc) is 2.43. The van der Waals surface area contributed by atoms with E-state index in [1.807, 2.05) is 4.72 Å². The van der Waals surface area contributed by atoms with E-state index < -0.39 is 38.5 Å². The summed E-state index contributed by atoms with van der Waals surface area (Å²) in [5.74, 6) is -1.87. The number of non-ortho nitro benzene ring substituents is 1. The number of nitrogens with zero attached hydrogens (tertiary/aromatic N) is 1. The van der Waals surface area contributed by atoms with Crippen LogP contribution in [0.25, 0.3) is 0 Å². The van der Waals surface area contributed by atoms with Crippen LogP contribution < -0.4 is 9.46 Å². The SMILES string of the molecule is COc1cc([N+](=O)[O-])ccc1S(=O)(=O)NC[C@H](O)C(=O)O. The molecule has 0 aliphatic carbocycles. The Morgan fingerprint density at radius 3 is 2.62 bits per heavy atom. The van der Waals surface area contributed by atoms with E-state index in [4.69, 9.17) is 14.9 Å². The molecule has 0 aliphatic heterocycles. The van der Waals surface area contributed by atoms with Gasteiger partial charge in [-0.05, 0) is 6.07 Å². The quantitative estimate of drug-likeness (QED) is 0.441. The molecule has 0 bridgehead atoms. The van der Waals surface area contributed by atoms with Crippen molar-refractivity contribution in [2.24, 2.45) is 0 Å². The monoisotopic (exact) mass is 320 g/mol. The molecule has 10 nitrogen and oxygen atoms in total. The van der Waals surface area contributed by atoms with Gasteiger partial charge in [0.2, 0.25) is 10.0 Å². The number of benzene rings is 1. The zero-order valence-corrected chi connectivity index (χ0v) is 11.5. The van der Waals surface area contributed by atoms with Crippen LogP contribution in [0.2, 0.25) is 0 Å². The number of aliphatic carboxylic acids is 1. The Balaban J connectivity index is 3.08. The van der Waals surface area contributed by atoms with Crippen LogP contribution in [-0.4, -0.2) is 49.3 Å². The normalized spacial score (nSPS) is 12.7. The molecule has 0 heterocycles. The zero-order valence-electron chi connectivity index (χ0n) is 10.7. The maximum Gasteiger partial charge on any atom is 0.333 e. The third kappa shape index (κ3) is 4.11. The van der Waals surface area contributed by atoms with Crippen LogP contribution in [0.5, 0.6) is 5.75 Å². The third-order valence-electron chi connectivity index (χ3n) is 2.40. The van der Waals surface area contributed by atoms with E-state index in [9.17, 15) is 23.3 Å². The summed E-state index contributed by atoms with van der Waals surface area (Å²) in [4.78, 5) is 19.9. The highest BCUT2D eigenvalue weighted by atomic mass is 32.2. The lowest BCUT2D eigenvalue weighted by atomic mass is 10.3. The molecule has 1 rings (SSSR count). The summed E-state index contributed by atoms with van der Waals surface area (Å²) in [5.41, 5.74) is -0.364. The van der Waals surface area contributed by atoms with E-state index in [2.05, 4.69) is 0 Å². The van der Waals surface area contributed by atoms with Crippen LogP contribution in [0.1, 0.15) is 0 Å². The van der Waals surface area contributed by atoms with Crippen molar-refractivity contribution in [2.75, 3.05) is 13.7 Å². The Labute approximate surface area is 119 Å². The molecule has 3 N–H and O–H groups in total. The summed E-state index contributed by atoms with van der Waals surface area (Å²) in [7, 11) is -3.07. The molecule has 0 saturated heterocycles. The van der Waals surface area contributed by atoms with Gasteiger partial charge in [-0.2, -0.15) is 0 Å². The minimum absolute atomic E-state index is 0.276. The highest BCUT2D eigenvalue weighted by Gasteiger charge is 2.24. The molecule has 1 aromatic carbocycles. The van der Waals surface area contributed by atoms with E-state index in [1.165, 1.54) is 0 Å². The van der Waals surface area contributed by atoms with E-state index in [0.717, 1.165) is 25.3 Å². The van der Waals surface area contributed by atoms with Gasteiger partial charge in [0.05, 0.1) is 18.1 Å². The summed E-state index contributed by atoms with van der Waals surface area (Å²) in [5, 5.41) is 28.1. The number of carboxylic acid groups (broad SMARTS) is 1. The highest BCUT2D eigenvalue weighted by molar-refractivity contribution is 7.89. The van der Waals surface area contributed by atoms with Gasteiger partial charge in [0, 0.05) is 12.6 Å². The summed E-state index contributed by atoms with van der Waals surface area (Å²) >= 11 is 0. The predicted molar refractivity (Wildman–Crippen MR) is 68.5 cm³/mol. The van der Waals surface area contributed by atoms with Gasteiger partial charge in [-0.25, -0.2) is 17.9 Å². The summed E-state index contributed by atoms with van der Waals surface area (Å²) in [6.45, 7) is -0.752. The van der Waals surface area contributed by atoms with Gasteiger partial charge >= 0.3 is 5.97 Å². The molecule has 0 aliphatic rings. The summed E-state index contributed by atoms with van der Waals surface area (Å²) in [6.07, 6.45) is -1.91. The van der Waals surface area contributed by atoms with Crippen molar-refractivity contribution in [3.63, 3.8) is 0 Å². The third-order valence-corrected chi connectivity index (χ3v) is 3.86. The second-order valence-corrected chi connectivity index (χ2v) is 5.53. The Bertz CT molecular complexity index is 657. The van der Waals surface area contributed by atoms with Gasteiger partial charge in [0.15, 0.2) is 6.10 Å². The first-order valence-electron chi connectivity index (χ1n) is 5.42. The van der Waals surface area contributed by atoms with E-state index in [-0.39, 0.29) is 11.4 Å². The van der Waals surface area contributed by atoms with Gasteiger partial charge in [-0.15, -0.1) is 0 Å². The number of hydrogen-bond acceptors (Lipinski definition) is 7. The summed E-state index contributed by atoms with van der Waals surface area (Å²) < 4.78 is 30.6. The van der Waals surface area contributed by atoms with Crippen molar-refractivity contribution in [3.8, 4) is 5.75 Å². The van der Waals surface area contributed by atoms with E-state index in [0.29, 0.717) is 0 Å². The number of methoxy groups -OCH3 is 1. The molecule has 11 heteroatoms. The molecule has 0 fully saturated rings. The van der Waals surface area contributed by atoms with Crippen LogP contribution in [0, 0.1) is 10.1 Å². The standard InChI is InChI=1S/C10H12N2O8S/c1-20-8-4-6(12(16)17)2-3-9(8)21(18,19)11-5-7(13)10(14)15/h2-4,7,11,13H,5H2,1H3,(H,14,15)/t7-/m0/s1. The number of ether oxygens (including phenoxy) is 1. The first-order valence-corrected chi connectivity index (χ1v) is 6.90. The van der Waals surface area contributed by atoms with Crippen LogP contribution >= 0.6 is 0 Å². The zero-order chi connectivity index (χ0) is 16.2. The minimum Gasteiger partial charge on any atom is -0.495 e. The molecule has 0 aromatic heterocycles. The molecule has 21 heavy (non-hydrogen) atoms. The van der Waals surface area contributed by atoms with Crippen molar-refractivity contribution in [2.45, 2.75) is 11.0 Å². The fraction of sp³-hybridized carbons (Fsp3) is 0.300. The van der Waals surface area contributed by atoms with Crippen LogP contribution in [-0.2, 0) is 14.8 Å². The number of hydrogen-bond donors (Lipinski definition) is 3. The largest absolute Gasteiger partial charge is 0.495 e. The molecule has 1 aromatic rings. The molecule has 1 atom stereocenters. The number of sulfonamides is 1. The van der Waals surface area contributed by atoms with Crippen LogP contribution in [0.3, 0.4) is 0 Å². The first kappa shape index (κ1) is 16.8. The van der Waals surface area contributed by atoms with Crippen LogP contribution in [0.15, 0.2) is 23.1 Å². The maximum atomic E-state index is 12.0. The number of aliphatic hydroxyl groups excluding tert-OH is 1. The fourth-order valence-electron chi connectivity index (χ4n) is 1.35. The smallest absolute Gasteiger partial charge is 0.333 e. The lowest BCUT2D eigenvalue weighted by Crippen LogP contribution is -2.36. The number of nitrogens with one attached hydrogen (secondary N) is 1. The molecule has 0 amide bonds. The van der Waals surface area contributed by atoms with E-state index >= 15 is 0 Å². The van der Waals surface area contributed by atoms with Crippen molar-refractivity contribution in [3.05, 3.63) is 28.3 Å². The van der Waals surface area contributed by atoms with Gasteiger partial charge in [-0.1, -0.05) is 0 Å². The van der Waals surface area contributed by atoms with Crippen molar-refractivity contribution in [1.82, 2.24) is 4.72 Å². The second kappa shape index (κ2) is 6.47. The van der Waals surface area contributed by atoms with Crippen molar-refractivity contribution >= 4 is 21.7 Å². The van der Waals surface area contributed by atoms with Gasteiger partial charge in [-0.3, -0.25) is 10.1 Å². The average molecular weight is 320 g/mol. The lowest BCUT2D eigenvalue weighted by molar-refractivity contribution is -0.385. The molecule has 0 spiro atoms. The Hall–Kier alpha value is -2.24. The molecule has 0 unspecified atom stereocenters. The van der Waals surface area contributed by atoms with Gasteiger partial charge in [0.25, 0.3) is 5.69 Å². The maximum absolute atomic E-state index is 12.0. The predicted octanol–water partition coefficient (Wildman–Crippen LogP) is -0.673. The first-order chi connectivity index (χ1) is 9.69. The number of rotatable bonds is 7. The fourth-order valence-corrected chi connectivity index (χ4v) is 2.53. The van der Waals surface area contributed by atoms with Crippen molar-refractivity contribution in [1.29, 1.82) is 0 Å². The van der Waals surface area contributed by atoms with Crippen molar-refractivity contribution < 1.29 is 33.1 Å². The lowest BCUT2D eigenvalue weighted by Gasteiger charge is -2.11. The number of carboxylic acids is 1. The number of nitro benzene ring substituents is 1. The van der Waals surface area contributed by atoms with Gasteiger partial charge < -0.3 is 14.9 Å². The molecule has 0 radical (unpaired) electrons. The number of carbonyl (C=O) groups is 1. The minimum atomic E-state index is -4.20.